The average molecular weight is 251 g/mol. The first-order chi connectivity index (χ1) is 8.67. The van der Waals surface area contributed by atoms with Crippen molar-refractivity contribution in [2.75, 3.05) is 37.3 Å². The molecule has 100 valence electrons. The molecule has 0 aromatic carbocycles. The first kappa shape index (κ1) is 14.2. The Hall–Kier alpha value is -1.85. The van der Waals surface area contributed by atoms with Crippen LogP contribution in [0.25, 0.3) is 0 Å². The lowest BCUT2D eigenvalue weighted by Gasteiger charge is -2.15. The van der Waals surface area contributed by atoms with Crippen LogP contribution in [0.15, 0.2) is 12.3 Å². The fourth-order valence-electron chi connectivity index (χ4n) is 1.26. The van der Waals surface area contributed by atoms with E-state index in [-0.39, 0.29) is 12.5 Å². The molecule has 0 spiro atoms. The molecule has 0 bridgehead atoms. The molecule has 0 saturated carbocycles. The molecular formula is C12H21N5O. The molecule has 0 unspecified atom stereocenters. The molecular weight excluding hydrogens is 230 g/mol. The van der Waals surface area contributed by atoms with Crippen LogP contribution >= 0.6 is 0 Å². The second-order valence-corrected chi connectivity index (χ2v) is 3.95. The van der Waals surface area contributed by atoms with Crippen molar-refractivity contribution in [3.05, 3.63) is 12.3 Å². The van der Waals surface area contributed by atoms with Crippen molar-refractivity contribution in [3.63, 3.8) is 0 Å². The summed E-state index contributed by atoms with van der Waals surface area (Å²) in [4.78, 5) is 21.6. The zero-order chi connectivity index (χ0) is 13.4. The maximum Gasteiger partial charge on any atom is 0.241 e. The Morgan fingerprint density at radius 3 is 2.83 bits per heavy atom. The Balaban J connectivity index is 2.49. The molecule has 1 aromatic heterocycles. The van der Waals surface area contributed by atoms with E-state index in [9.17, 15) is 4.79 Å². The Morgan fingerprint density at radius 2 is 2.17 bits per heavy atom. The van der Waals surface area contributed by atoms with Gasteiger partial charge in [-0.3, -0.25) is 4.79 Å². The summed E-state index contributed by atoms with van der Waals surface area (Å²) in [5.41, 5.74) is 0. The van der Waals surface area contributed by atoms with Gasteiger partial charge in [0, 0.05) is 26.3 Å². The standard InChI is InChI=1S/C12H21N5O/c1-4-7-13-12-14-8-6-10(16-12)15-9-11(18)17(3)5-2/h6,8H,4-5,7,9H2,1-3H3,(H2,13,14,15,16). The van der Waals surface area contributed by atoms with Gasteiger partial charge in [0.1, 0.15) is 5.82 Å². The molecule has 18 heavy (non-hydrogen) atoms. The van der Waals surface area contributed by atoms with E-state index in [0.29, 0.717) is 18.3 Å². The fourth-order valence-corrected chi connectivity index (χ4v) is 1.26. The number of aromatic nitrogens is 2. The SMILES string of the molecule is CCCNc1nccc(NCC(=O)N(C)CC)n1. The van der Waals surface area contributed by atoms with Crippen LogP contribution in [-0.2, 0) is 4.79 Å². The van der Waals surface area contributed by atoms with E-state index in [1.165, 1.54) is 0 Å². The van der Waals surface area contributed by atoms with Gasteiger partial charge in [-0.05, 0) is 19.4 Å². The van der Waals surface area contributed by atoms with Gasteiger partial charge in [0.25, 0.3) is 0 Å². The summed E-state index contributed by atoms with van der Waals surface area (Å²) in [6.45, 7) is 5.80. The first-order valence-corrected chi connectivity index (χ1v) is 6.22. The van der Waals surface area contributed by atoms with Crippen LogP contribution in [-0.4, -0.2) is 47.5 Å². The summed E-state index contributed by atoms with van der Waals surface area (Å²) >= 11 is 0. The molecule has 6 heteroatoms. The molecule has 0 aliphatic rings. The average Bonchev–Trinajstić information content (AvgIpc) is 2.42. The Kier molecular flexibility index (Phi) is 5.90. The number of nitrogens with zero attached hydrogens (tertiary/aromatic N) is 3. The zero-order valence-corrected chi connectivity index (χ0v) is 11.2. The van der Waals surface area contributed by atoms with Crippen LogP contribution < -0.4 is 10.6 Å². The molecule has 0 fully saturated rings. The third kappa shape index (κ3) is 4.57. The Bertz CT molecular complexity index is 382. The molecule has 2 N–H and O–H groups in total. The van der Waals surface area contributed by atoms with Crippen molar-refractivity contribution >= 4 is 17.7 Å². The van der Waals surface area contributed by atoms with E-state index in [0.717, 1.165) is 13.0 Å². The number of hydrogen-bond donors (Lipinski definition) is 2. The molecule has 6 nitrogen and oxygen atoms in total. The lowest BCUT2D eigenvalue weighted by atomic mass is 10.4. The van der Waals surface area contributed by atoms with E-state index in [4.69, 9.17) is 0 Å². The van der Waals surface area contributed by atoms with Crippen molar-refractivity contribution in [2.24, 2.45) is 0 Å². The minimum Gasteiger partial charge on any atom is -0.361 e. The van der Waals surface area contributed by atoms with Gasteiger partial charge in [0.2, 0.25) is 11.9 Å². The van der Waals surface area contributed by atoms with Crippen LogP contribution in [0.3, 0.4) is 0 Å². The van der Waals surface area contributed by atoms with E-state index < -0.39 is 0 Å². The van der Waals surface area contributed by atoms with Crippen molar-refractivity contribution in [3.8, 4) is 0 Å². The molecule has 0 radical (unpaired) electrons. The summed E-state index contributed by atoms with van der Waals surface area (Å²) in [7, 11) is 1.78. The van der Waals surface area contributed by atoms with Gasteiger partial charge < -0.3 is 15.5 Å². The third-order valence-corrected chi connectivity index (χ3v) is 2.51. The molecule has 1 heterocycles. The number of nitrogens with one attached hydrogen (secondary N) is 2. The summed E-state index contributed by atoms with van der Waals surface area (Å²) in [5, 5.41) is 6.09. The van der Waals surface area contributed by atoms with Gasteiger partial charge in [-0.2, -0.15) is 4.98 Å². The number of amides is 1. The second kappa shape index (κ2) is 7.47. The number of hydrogen-bond acceptors (Lipinski definition) is 5. The minimum atomic E-state index is 0.0409. The van der Waals surface area contributed by atoms with Crippen LogP contribution in [0, 0.1) is 0 Å². The van der Waals surface area contributed by atoms with Crippen molar-refractivity contribution in [1.82, 2.24) is 14.9 Å². The predicted molar refractivity (Wildman–Crippen MR) is 72.6 cm³/mol. The van der Waals surface area contributed by atoms with Crippen LogP contribution in [0.1, 0.15) is 20.3 Å². The molecule has 1 aromatic rings. The highest BCUT2D eigenvalue weighted by Crippen LogP contribution is 2.05. The van der Waals surface area contributed by atoms with Crippen LogP contribution in [0.4, 0.5) is 11.8 Å². The Labute approximate surface area is 108 Å². The van der Waals surface area contributed by atoms with Crippen molar-refractivity contribution in [1.29, 1.82) is 0 Å². The van der Waals surface area contributed by atoms with Gasteiger partial charge >= 0.3 is 0 Å². The minimum absolute atomic E-state index is 0.0409. The molecule has 0 atom stereocenters. The van der Waals surface area contributed by atoms with E-state index in [1.54, 1.807) is 24.2 Å². The maximum atomic E-state index is 11.6. The highest BCUT2D eigenvalue weighted by Gasteiger charge is 2.06. The third-order valence-electron chi connectivity index (χ3n) is 2.51. The second-order valence-electron chi connectivity index (χ2n) is 3.95. The molecule has 0 saturated heterocycles. The molecule has 1 rings (SSSR count). The zero-order valence-electron chi connectivity index (χ0n) is 11.2. The van der Waals surface area contributed by atoms with Gasteiger partial charge in [-0.1, -0.05) is 6.92 Å². The quantitative estimate of drug-likeness (QED) is 0.761. The number of carbonyl (C=O) groups is 1. The van der Waals surface area contributed by atoms with E-state index in [2.05, 4.69) is 27.5 Å². The summed E-state index contributed by atoms with van der Waals surface area (Å²) in [6, 6.07) is 1.75. The highest BCUT2D eigenvalue weighted by atomic mass is 16.2. The highest BCUT2D eigenvalue weighted by molar-refractivity contribution is 5.80. The van der Waals surface area contributed by atoms with Gasteiger partial charge in [0.15, 0.2) is 0 Å². The topological polar surface area (TPSA) is 70.2 Å². The van der Waals surface area contributed by atoms with Gasteiger partial charge in [-0.25, -0.2) is 4.98 Å². The maximum absolute atomic E-state index is 11.6. The van der Waals surface area contributed by atoms with E-state index in [1.807, 2.05) is 6.92 Å². The molecule has 0 aliphatic carbocycles. The molecule has 1 amide bonds. The summed E-state index contributed by atoms with van der Waals surface area (Å²) in [5.74, 6) is 1.28. The van der Waals surface area contributed by atoms with Crippen molar-refractivity contribution < 1.29 is 4.79 Å². The molecule has 0 aliphatic heterocycles. The largest absolute Gasteiger partial charge is 0.361 e. The Morgan fingerprint density at radius 1 is 1.39 bits per heavy atom. The summed E-state index contributed by atoms with van der Waals surface area (Å²) < 4.78 is 0. The number of carbonyl (C=O) groups excluding carboxylic acids is 1. The van der Waals surface area contributed by atoms with Crippen molar-refractivity contribution in [2.45, 2.75) is 20.3 Å². The fraction of sp³-hybridized carbons (Fsp3) is 0.583. The number of rotatable bonds is 7. The normalized spacial score (nSPS) is 9.94. The first-order valence-electron chi connectivity index (χ1n) is 6.22. The lowest BCUT2D eigenvalue weighted by Crippen LogP contribution is -2.32. The van der Waals surface area contributed by atoms with E-state index >= 15 is 0 Å². The van der Waals surface area contributed by atoms with Crippen LogP contribution in [0.5, 0.6) is 0 Å². The van der Waals surface area contributed by atoms with Gasteiger partial charge in [-0.15, -0.1) is 0 Å². The van der Waals surface area contributed by atoms with Crippen LogP contribution in [0.2, 0.25) is 0 Å². The number of likely N-dealkylation sites (N-methyl/N-ethyl adjacent to an activating group) is 1. The number of anilines is 2. The summed E-state index contributed by atoms with van der Waals surface area (Å²) in [6.07, 6.45) is 2.68. The van der Waals surface area contributed by atoms with Gasteiger partial charge in [0.05, 0.1) is 6.54 Å². The smallest absolute Gasteiger partial charge is 0.241 e. The lowest BCUT2D eigenvalue weighted by molar-refractivity contribution is -0.127. The monoisotopic (exact) mass is 251 g/mol. The predicted octanol–water partition coefficient (Wildman–Crippen LogP) is 1.19.